The predicted molar refractivity (Wildman–Crippen MR) is 199 cm³/mol. The summed E-state index contributed by atoms with van der Waals surface area (Å²) in [7, 11) is 0. The van der Waals surface area contributed by atoms with E-state index in [9.17, 15) is 51.1 Å². The van der Waals surface area contributed by atoms with Gasteiger partial charge in [0.05, 0.1) is 37.6 Å². The summed E-state index contributed by atoms with van der Waals surface area (Å²) in [6.45, 7) is 12.8. The van der Waals surface area contributed by atoms with Gasteiger partial charge < -0.3 is 65.3 Å². The lowest BCUT2D eigenvalue weighted by molar-refractivity contribution is -0.372. The molecule has 55 heavy (non-hydrogen) atoms. The summed E-state index contributed by atoms with van der Waals surface area (Å²) in [6.07, 6.45) is -4.72. The van der Waals surface area contributed by atoms with Crippen molar-refractivity contribution in [2.24, 2.45) is 50.2 Å². The maximum Gasteiger partial charge on any atom is 0.189 e. The molecule has 10 N–H and O–H groups in total. The van der Waals surface area contributed by atoms with Gasteiger partial charge in [-0.15, -0.1) is 0 Å². The van der Waals surface area contributed by atoms with Gasteiger partial charge in [0.2, 0.25) is 0 Å². The Morgan fingerprint density at radius 2 is 1.47 bits per heavy atom. The maximum absolute atomic E-state index is 12.0. The highest BCUT2D eigenvalue weighted by Crippen LogP contribution is 2.74. The van der Waals surface area contributed by atoms with Crippen LogP contribution < -0.4 is 0 Å². The number of hydrogen-bond donors (Lipinski definition) is 10. The molecule has 0 aromatic heterocycles. The van der Waals surface area contributed by atoms with Crippen molar-refractivity contribution in [1.29, 1.82) is 0 Å². The summed E-state index contributed by atoms with van der Waals surface area (Å²) in [4.78, 5) is 0. The van der Waals surface area contributed by atoms with Gasteiger partial charge in [0.25, 0.3) is 0 Å². The van der Waals surface area contributed by atoms with Gasteiger partial charge in [-0.25, -0.2) is 0 Å². The Labute approximate surface area is 325 Å². The van der Waals surface area contributed by atoms with Crippen molar-refractivity contribution in [3.8, 4) is 0 Å². The lowest BCUT2D eigenvalue weighted by atomic mass is 9.35. The van der Waals surface area contributed by atoms with Crippen LogP contribution in [0.4, 0.5) is 0 Å². The third-order valence-corrected chi connectivity index (χ3v) is 17.1. The van der Waals surface area contributed by atoms with Gasteiger partial charge in [-0.3, -0.25) is 0 Å². The zero-order valence-corrected chi connectivity index (χ0v) is 33.4. The standard InChI is InChI=1S/C42H68O13/c1-37(2)13-14-42(20-45)23(16-37)22-7-8-26-38(3)11-10-28(39(4,19-44)25(38)9-12-40(26,5)41(22,6)17-27(42)46)54-36-33(51)34(32(50)35(52)55-36)53-24-15-21(18-43)29(47)31(49)30(24)48/h7-8,21,24-36,43-52H,9-20H2,1-6H3/t21-,24-,25-,26-,27-,28+,29-,30+,31+,32-,33-,34+,35+,36-,38+,39+,40-,41-,42-/m0/s1. The minimum atomic E-state index is -1.82. The topological polar surface area (TPSA) is 230 Å². The monoisotopic (exact) mass is 780 g/mol. The Bertz CT molecular complexity index is 1500. The molecule has 1 saturated heterocycles. The molecule has 0 bridgehead atoms. The van der Waals surface area contributed by atoms with E-state index < -0.39 is 90.9 Å². The van der Waals surface area contributed by atoms with Crippen molar-refractivity contribution < 1.29 is 65.3 Å². The number of allylic oxidation sites excluding steroid dienone is 3. The molecule has 0 unspecified atom stereocenters. The fourth-order valence-corrected chi connectivity index (χ4v) is 13.3. The summed E-state index contributed by atoms with van der Waals surface area (Å²) in [5.74, 6) is -0.739. The highest BCUT2D eigenvalue weighted by atomic mass is 16.8. The fraction of sp³-hybridized carbons (Fsp3) is 0.905. The van der Waals surface area contributed by atoms with E-state index in [-0.39, 0.29) is 53.1 Å². The van der Waals surface area contributed by atoms with Gasteiger partial charge in [0.1, 0.15) is 30.5 Å². The Morgan fingerprint density at radius 1 is 0.764 bits per heavy atom. The number of hydrogen-bond acceptors (Lipinski definition) is 13. The normalized spacial score (nSPS) is 54.9. The van der Waals surface area contributed by atoms with Crippen LogP contribution in [0.25, 0.3) is 0 Å². The molecule has 314 valence electrons. The number of aliphatic hydroxyl groups excluding tert-OH is 10. The molecule has 0 aromatic carbocycles. The Morgan fingerprint density at radius 3 is 2.13 bits per heavy atom. The molecule has 0 aromatic rings. The number of ether oxygens (including phenoxy) is 3. The van der Waals surface area contributed by atoms with E-state index >= 15 is 0 Å². The molecule has 13 heteroatoms. The molecule has 1 aliphatic heterocycles. The van der Waals surface area contributed by atoms with Crippen LogP contribution in [-0.2, 0) is 14.2 Å². The van der Waals surface area contributed by atoms with Crippen molar-refractivity contribution >= 4 is 0 Å². The van der Waals surface area contributed by atoms with Crippen molar-refractivity contribution in [2.45, 2.75) is 167 Å². The average molecular weight is 781 g/mol. The van der Waals surface area contributed by atoms with Crippen LogP contribution in [0.2, 0.25) is 0 Å². The Balaban J connectivity index is 1.15. The van der Waals surface area contributed by atoms with Gasteiger partial charge in [0.15, 0.2) is 12.6 Å². The molecule has 0 radical (unpaired) electrons. The van der Waals surface area contributed by atoms with Crippen molar-refractivity contribution in [2.75, 3.05) is 19.8 Å². The van der Waals surface area contributed by atoms with Crippen LogP contribution in [0.5, 0.6) is 0 Å². The van der Waals surface area contributed by atoms with Gasteiger partial charge in [-0.2, -0.15) is 0 Å². The van der Waals surface area contributed by atoms with E-state index in [1.165, 1.54) is 11.1 Å². The van der Waals surface area contributed by atoms with Crippen molar-refractivity contribution in [3.05, 3.63) is 23.3 Å². The fourth-order valence-electron chi connectivity index (χ4n) is 13.3. The highest BCUT2D eigenvalue weighted by molar-refractivity contribution is 5.47. The van der Waals surface area contributed by atoms with Crippen LogP contribution in [0.3, 0.4) is 0 Å². The Hall–Kier alpha value is -1.04. The maximum atomic E-state index is 12.0. The quantitative estimate of drug-likeness (QED) is 0.165. The van der Waals surface area contributed by atoms with Crippen molar-refractivity contribution in [3.63, 3.8) is 0 Å². The smallest absolute Gasteiger partial charge is 0.189 e. The van der Waals surface area contributed by atoms with Crippen molar-refractivity contribution in [1.82, 2.24) is 0 Å². The van der Waals surface area contributed by atoms with Crippen LogP contribution >= 0.6 is 0 Å². The molecule has 6 aliphatic carbocycles. The number of rotatable bonds is 7. The van der Waals surface area contributed by atoms with E-state index in [0.29, 0.717) is 12.8 Å². The van der Waals surface area contributed by atoms with E-state index in [4.69, 9.17) is 14.2 Å². The largest absolute Gasteiger partial charge is 0.396 e. The molecule has 19 atom stereocenters. The van der Waals surface area contributed by atoms with Gasteiger partial charge >= 0.3 is 0 Å². The third kappa shape index (κ3) is 6.12. The van der Waals surface area contributed by atoms with Gasteiger partial charge in [-0.1, -0.05) is 59.3 Å². The van der Waals surface area contributed by atoms with Gasteiger partial charge in [0, 0.05) is 28.8 Å². The summed E-state index contributed by atoms with van der Waals surface area (Å²) in [5, 5.41) is 108. The van der Waals surface area contributed by atoms with Crippen LogP contribution in [0.15, 0.2) is 23.3 Å². The van der Waals surface area contributed by atoms with E-state index in [1.807, 2.05) is 6.92 Å². The second-order valence-corrected chi connectivity index (χ2v) is 20.4. The molecular formula is C42H68O13. The van der Waals surface area contributed by atoms with E-state index in [1.54, 1.807) is 0 Å². The number of fused-ring (bicyclic) bond motifs is 6. The molecule has 0 amide bonds. The van der Waals surface area contributed by atoms with Crippen LogP contribution in [-0.4, -0.2) is 138 Å². The zero-order chi connectivity index (χ0) is 40.3. The second-order valence-electron chi connectivity index (χ2n) is 20.4. The summed E-state index contributed by atoms with van der Waals surface area (Å²) in [5.41, 5.74) is 0.300. The first-order valence-corrected chi connectivity index (χ1v) is 20.7. The minimum absolute atomic E-state index is 0.0213. The molecule has 1 heterocycles. The SMILES string of the molecule is CC1(C)CC[C@]2(CO)C(=C3C=C[C@H]4[C@]5(C)CC[C@@H](O[C@H]6O[C@@H](O)[C@@H](O)[C@@H](O[C@H]7C[C@@H](CO)[C@H](O)[C@@H](O)[C@@H]7O)[C@@H]6O)[C@](C)(CO)[C@H]5CC[C@]4(C)[C@@]3(C)C[C@@H]2O)C1. The van der Waals surface area contributed by atoms with Gasteiger partial charge in [-0.05, 0) is 91.4 Å². The highest BCUT2D eigenvalue weighted by Gasteiger charge is 2.69. The molecule has 5 fully saturated rings. The lowest BCUT2D eigenvalue weighted by Crippen LogP contribution is -2.67. The van der Waals surface area contributed by atoms with E-state index in [2.05, 4.69) is 46.8 Å². The molecule has 4 saturated carbocycles. The van der Waals surface area contributed by atoms with E-state index in [0.717, 1.165) is 38.5 Å². The molecule has 7 aliphatic rings. The van der Waals surface area contributed by atoms with Crippen LogP contribution in [0.1, 0.15) is 99.3 Å². The molecule has 7 rings (SSSR count). The predicted octanol–water partition coefficient (Wildman–Crippen LogP) is 1.27. The third-order valence-electron chi connectivity index (χ3n) is 17.1. The lowest BCUT2D eigenvalue weighted by Gasteiger charge is -2.70. The Kier molecular flexibility index (Phi) is 11.0. The molecule has 0 spiro atoms. The zero-order valence-electron chi connectivity index (χ0n) is 33.4. The first kappa shape index (κ1) is 42.1. The first-order chi connectivity index (χ1) is 25.7. The summed E-state index contributed by atoms with van der Waals surface area (Å²) < 4.78 is 18.1. The average Bonchev–Trinajstić information content (AvgIpc) is 3.13. The summed E-state index contributed by atoms with van der Waals surface area (Å²) in [6, 6.07) is 0. The second kappa shape index (κ2) is 14.3. The minimum Gasteiger partial charge on any atom is -0.396 e. The molecule has 13 nitrogen and oxygen atoms in total. The molecular weight excluding hydrogens is 712 g/mol. The number of aliphatic hydroxyl groups is 10. The summed E-state index contributed by atoms with van der Waals surface area (Å²) >= 11 is 0. The first-order valence-electron chi connectivity index (χ1n) is 20.7. The van der Waals surface area contributed by atoms with Crippen LogP contribution in [0, 0.1) is 50.2 Å².